The zero-order valence-electron chi connectivity index (χ0n) is 13.8. The maximum absolute atomic E-state index is 11.1. The molecule has 3 rings (SSSR count). The highest BCUT2D eigenvalue weighted by molar-refractivity contribution is 5.84. The van der Waals surface area contributed by atoms with Gasteiger partial charge in [0.05, 0.1) is 19.0 Å². The molecule has 2 heterocycles. The topological polar surface area (TPSA) is 66.5 Å². The average Bonchev–Trinajstić information content (AvgIpc) is 2.64. The van der Waals surface area contributed by atoms with Crippen LogP contribution in [-0.4, -0.2) is 31.3 Å². The third-order valence-corrected chi connectivity index (χ3v) is 4.06. The molecule has 0 saturated carbocycles. The van der Waals surface area contributed by atoms with Crippen molar-refractivity contribution in [3.63, 3.8) is 0 Å². The molecule has 1 saturated heterocycles. The van der Waals surface area contributed by atoms with Gasteiger partial charge in [-0.15, -0.1) is 0 Å². The van der Waals surface area contributed by atoms with Crippen molar-refractivity contribution in [2.24, 2.45) is 0 Å². The average molecular weight is 326 g/mol. The van der Waals surface area contributed by atoms with E-state index in [2.05, 4.69) is 49.5 Å². The first-order chi connectivity index (χ1) is 11.7. The van der Waals surface area contributed by atoms with Gasteiger partial charge in [0.1, 0.15) is 5.82 Å². The van der Waals surface area contributed by atoms with Crippen LogP contribution in [0.3, 0.4) is 0 Å². The number of nitrogens with one attached hydrogen (secondary N) is 2. The summed E-state index contributed by atoms with van der Waals surface area (Å²) in [5.74, 6) is 0.719. The maximum atomic E-state index is 11.1. The van der Waals surface area contributed by atoms with Crippen LogP contribution < -0.4 is 15.5 Å². The molecule has 1 amide bonds. The van der Waals surface area contributed by atoms with Crippen molar-refractivity contribution in [2.75, 3.05) is 35.7 Å². The quantitative estimate of drug-likeness (QED) is 0.889. The second-order valence-corrected chi connectivity index (χ2v) is 5.77. The van der Waals surface area contributed by atoms with Gasteiger partial charge in [-0.2, -0.15) is 0 Å². The van der Waals surface area contributed by atoms with Crippen LogP contribution in [0.15, 0.2) is 42.6 Å². The van der Waals surface area contributed by atoms with Crippen LogP contribution in [0.1, 0.15) is 19.3 Å². The Labute approximate surface area is 141 Å². The molecule has 1 aliphatic rings. The number of methoxy groups -OCH3 is 1. The molecule has 0 unspecified atom stereocenters. The number of rotatable bonds is 4. The van der Waals surface area contributed by atoms with Crippen molar-refractivity contribution in [3.8, 4) is 0 Å². The van der Waals surface area contributed by atoms with Crippen LogP contribution in [0, 0.1) is 0 Å². The molecule has 0 bridgehead atoms. The highest BCUT2D eigenvalue weighted by Gasteiger charge is 2.10. The van der Waals surface area contributed by atoms with E-state index in [-0.39, 0.29) is 0 Å². The molecular weight excluding hydrogens is 304 g/mol. The van der Waals surface area contributed by atoms with Crippen molar-refractivity contribution in [1.29, 1.82) is 0 Å². The number of benzene rings is 1. The molecule has 24 heavy (non-hydrogen) atoms. The van der Waals surface area contributed by atoms with Gasteiger partial charge in [-0.3, -0.25) is 5.32 Å². The van der Waals surface area contributed by atoms with Gasteiger partial charge in [-0.05, 0) is 55.7 Å². The first kappa shape index (κ1) is 16.1. The smallest absolute Gasteiger partial charge is 0.411 e. The SMILES string of the molecule is COC(=O)Nc1ccc(Nc2ccc(N3CCCCC3)cc2)nc1. The Kier molecular flexibility index (Phi) is 5.15. The molecule has 2 aromatic rings. The van der Waals surface area contributed by atoms with Crippen molar-refractivity contribution in [2.45, 2.75) is 19.3 Å². The molecule has 2 N–H and O–H groups in total. The molecule has 1 aromatic carbocycles. The van der Waals surface area contributed by atoms with E-state index in [1.54, 1.807) is 12.3 Å². The first-order valence-electron chi connectivity index (χ1n) is 8.18. The zero-order chi connectivity index (χ0) is 16.8. The Hall–Kier alpha value is -2.76. The van der Waals surface area contributed by atoms with E-state index in [4.69, 9.17) is 0 Å². The number of piperidine rings is 1. The largest absolute Gasteiger partial charge is 0.453 e. The van der Waals surface area contributed by atoms with E-state index >= 15 is 0 Å². The molecule has 6 nitrogen and oxygen atoms in total. The van der Waals surface area contributed by atoms with E-state index in [1.807, 2.05) is 6.07 Å². The standard InChI is InChI=1S/C18H22N4O2/c1-24-18(23)21-15-7-10-17(19-13-15)20-14-5-8-16(9-6-14)22-11-3-2-4-12-22/h5-10,13H,2-4,11-12H2,1H3,(H,19,20)(H,21,23). The summed E-state index contributed by atoms with van der Waals surface area (Å²) in [4.78, 5) is 17.8. The van der Waals surface area contributed by atoms with Gasteiger partial charge in [0.25, 0.3) is 0 Å². The predicted octanol–water partition coefficient (Wildman–Crippen LogP) is 3.99. The number of aromatic nitrogens is 1. The normalized spacial score (nSPS) is 14.1. The molecule has 1 fully saturated rings. The second-order valence-electron chi connectivity index (χ2n) is 5.77. The molecule has 1 aliphatic heterocycles. The molecule has 0 radical (unpaired) electrons. The van der Waals surface area contributed by atoms with Crippen molar-refractivity contribution < 1.29 is 9.53 Å². The first-order valence-corrected chi connectivity index (χ1v) is 8.18. The van der Waals surface area contributed by atoms with E-state index in [9.17, 15) is 4.79 Å². The van der Waals surface area contributed by atoms with Crippen LogP contribution in [-0.2, 0) is 4.74 Å². The second kappa shape index (κ2) is 7.68. The van der Waals surface area contributed by atoms with Gasteiger partial charge in [0.15, 0.2) is 0 Å². The number of pyridine rings is 1. The lowest BCUT2D eigenvalue weighted by atomic mass is 10.1. The Morgan fingerprint density at radius 1 is 1.04 bits per heavy atom. The maximum Gasteiger partial charge on any atom is 0.411 e. The van der Waals surface area contributed by atoms with Crippen LogP contribution in [0.25, 0.3) is 0 Å². The van der Waals surface area contributed by atoms with Gasteiger partial charge < -0.3 is 15.0 Å². The fraction of sp³-hybridized carbons (Fsp3) is 0.333. The molecule has 0 aliphatic carbocycles. The van der Waals surface area contributed by atoms with E-state index in [0.29, 0.717) is 5.69 Å². The lowest BCUT2D eigenvalue weighted by Gasteiger charge is -2.28. The monoisotopic (exact) mass is 326 g/mol. The number of amides is 1. The Morgan fingerprint density at radius 3 is 2.38 bits per heavy atom. The third kappa shape index (κ3) is 4.16. The minimum absolute atomic E-state index is 0.509. The summed E-state index contributed by atoms with van der Waals surface area (Å²) < 4.78 is 4.54. The number of ether oxygens (including phenoxy) is 1. The number of carbonyl (C=O) groups is 1. The molecule has 0 atom stereocenters. The van der Waals surface area contributed by atoms with Gasteiger partial charge in [0.2, 0.25) is 0 Å². The Morgan fingerprint density at radius 2 is 1.75 bits per heavy atom. The minimum atomic E-state index is -0.509. The van der Waals surface area contributed by atoms with Gasteiger partial charge in [-0.1, -0.05) is 0 Å². The molecular formula is C18H22N4O2. The van der Waals surface area contributed by atoms with Crippen LogP contribution in [0.5, 0.6) is 0 Å². The van der Waals surface area contributed by atoms with E-state index in [0.717, 1.165) is 24.6 Å². The van der Waals surface area contributed by atoms with Crippen LogP contribution in [0.4, 0.5) is 27.7 Å². The summed E-state index contributed by atoms with van der Waals surface area (Å²) in [5, 5.41) is 5.82. The lowest BCUT2D eigenvalue weighted by molar-refractivity contribution is 0.187. The van der Waals surface area contributed by atoms with Crippen LogP contribution in [0.2, 0.25) is 0 Å². The Balaban J connectivity index is 1.60. The summed E-state index contributed by atoms with van der Waals surface area (Å²) >= 11 is 0. The summed E-state index contributed by atoms with van der Waals surface area (Å²) in [6.07, 6.45) is 4.96. The fourth-order valence-corrected chi connectivity index (χ4v) is 2.77. The van der Waals surface area contributed by atoms with Gasteiger partial charge in [-0.25, -0.2) is 9.78 Å². The minimum Gasteiger partial charge on any atom is -0.453 e. The molecule has 0 spiro atoms. The third-order valence-electron chi connectivity index (χ3n) is 4.06. The number of hydrogen-bond acceptors (Lipinski definition) is 5. The van der Waals surface area contributed by atoms with E-state index < -0.39 is 6.09 Å². The highest BCUT2D eigenvalue weighted by Crippen LogP contribution is 2.23. The fourth-order valence-electron chi connectivity index (χ4n) is 2.77. The summed E-state index contributed by atoms with van der Waals surface area (Å²) in [6.45, 7) is 2.28. The predicted molar refractivity (Wildman–Crippen MR) is 96.1 cm³/mol. The molecule has 6 heteroatoms. The zero-order valence-corrected chi connectivity index (χ0v) is 13.8. The van der Waals surface area contributed by atoms with Crippen molar-refractivity contribution >= 4 is 29.0 Å². The number of nitrogens with zero attached hydrogens (tertiary/aromatic N) is 2. The number of carbonyl (C=O) groups excluding carboxylic acids is 1. The van der Waals surface area contributed by atoms with Gasteiger partial charge >= 0.3 is 6.09 Å². The number of anilines is 4. The Bertz CT molecular complexity index is 664. The molecule has 126 valence electrons. The summed E-state index contributed by atoms with van der Waals surface area (Å²) in [6, 6.07) is 12.0. The van der Waals surface area contributed by atoms with Gasteiger partial charge in [0, 0.05) is 24.5 Å². The summed E-state index contributed by atoms with van der Waals surface area (Å²) in [7, 11) is 1.33. The highest BCUT2D eigenvalue weighted by atomic mass is 16.5. The van der Waals surface area contributed by atoms with Crippen molar-refractivity contribution in [3.05, 3.63) is 42.6 Å². The lowest BCUT2D eigenvalue weighted by Crippen LogP contribution is -2.29. The summed E-state index contributed by atoms with van der Waals surface area (Å²) in [5.41, 5.74) is 2.84. The van der Waals surface area contributed by atoms with Crippen LogP contribution >= 0.6 is 0 Å². The number of hydrogen-bond donors (Lipinski definition) is 2. The van der Waals surface area contributed by atoms with E-state index in [1.165, 1.54) is 32.1 Å². The van der Waals surface area contributed by atoms with Crippen molar-refractivity contribution in [1.82, 2.24) is 4.98 Å². The molecule has 1 aromatic heterocycles.